The number of hydrogen-bond acceptors (Lipinski definition) is 8. The van der Waals surface area contributed by atoms with Crippen LogP contribution in [0, 0.1) is 0 Å². The lowest BCUT2D eigenvalue weighted by molar-refractivity contribution is 0.0833. The van der Waals surface area contributed by atoms with Gasteiger partial charge in [-0.1, -0.05) is 6.07 Å². The molecule has 1 atom stereocenters. The Morgan fingerprint density at radius 3 is 2.19 bits per heavy atom. The fourth-order valence-electron chi connectivity index (χ4n) is 3.13. The quantitative estimate of drug-likeness (QED) is 0.821. The third-order valence-electron chi connectivity index (χ3n) is 4.39. The average molecular weight is 376 g/mol. The van der Waals surface area contributed by atoms with Crippen LogP contribution in [-0.2, 0) is 0 Å². The normalized spacial score (nSPS) is 15.6. The lowest BCUT2D eigenvalue weighted by atomic mass is 9.94. The highest BCUT2D eigenvalue weighted by Crippen LogP contribution is 2.56. The van der Waals surface area contributed by atoms with Crippen molar-refractivity contribution in [3.63, 3.8) is 0 Å². The predicted octanol–water partition coefficient (Wildman–Crippen LogP) is 2.84. The Morgan fingerprint density at radius 2 is 1.63 bits per heavy atom. The van der Waals surface area contributed by atoms with Gasteiger partial charge in [0.15, 0.2) is 28.8 Å². The minimum Gasteiger partial charge on any atom is -0.504 e. The number of phenolic OH excluding ortho intramolecular Hbond substituents is 2. The number of ketones is 1. The van der Waals surface area contributed by atoms with E-state index in [0.29, 0.717) is 11.3 Å². The second kappa shape index (κ2) is 7.14. The average Bonchev–Trinajstić information content (AvgIpc) is 2.66. The second-order valence-electron chi connectivity index (χ2n) is 5.82. The van der Waals surface area contributed by atoms with Gasteiger partial charge >= 0.3 is 0 Å². The van der Waals surface area contributed by atoms with Crippen LogP contribution in [0.1, 0.15) is 28.4 Å². The Bertz CT molecular complexity index is 890. The summed E-state index contributed by atoms with van der Waals surface area (Å²) in [6.45, 7) is 0. The van der Waals surface area contributed by atoms with Crippen LogP contribution in [0.5, 0.6) is 40.2 Å². The predicted molar refractivity (Wildman–Crippen MR) is 94.7 cm³/mol. The van der Waals surface area contributed by atoms with Crippen LogP contribution in [-0.4, -0.2) is 44.4 Å². The van der Waals surface area contributed by atoms with Gasteiger partial charge in [-0.15, -0.1) is 0 Å². The molecule has 1 heterocycles. The molecule has 8 nitrogen and oxygen atoms in total. The summed E-state index contributed by atoms with van der Waals surface area (Å²) < 4.78 is 26.8. The molecule has 0 amide bonds. The Kier molecular flexibility index (Phi) is 4.89. The summed E-state index contributed by atoms with van der Waals surface area (Å²) in [6.07, 6.45) is -0.724. The van der Waals surface area contributed by atoms with Crippen LogP contribution in [0.4, 0.5) is 0 Å². The SMILES string of the molecule is COc1ccc([C@H]2CC(=O)c3c(O)c(OC)c(OC)c(OC)c3O2)cc1O. The zero-order valence-corrected chi connectivity index (χ0v) is 15.4. The number of aromatic hydroxyl groups is 2. The molecule has 1 aliphatic rings. The third kappa shape index (κ3) is 2.92. The molecule has 0 spiro atoms. The zero-order valence-electron chi connectivity index (χ0n) is 15.4. The Hall–Kier alpha value is -3.29. The van der Waals surface area contributed by atoms with E-state index in [2.05, 4.69) is 0 Å². The molecule has 2 aromatic carbocycles. The van der Waals surface area contributed by atoms with Crippen molar-refractivity contribution in [2.45, 2.75) is 12.5 Å². The van der Waals surface area contributed by atoms with Crippen LogP contribution in [0.2, 0.25) is 0 Å². The van der Waals surface area contributed by atoms with Crippen molar-refractivity contribution in [1.29, 1.82) is 0 Å². The fourth-order valence-corrected chi connectivity index (χ4v) is 3.13. The van der Waals surface area contributed by atoms with Crippen LogP contribution in [0.15, 0.2) is 18.2 Å². The Morgan fingerprint density at radius 1 is 0.963 bits per heavy atom. The van der Waals surface area contributed by atoms with Crippen LogP contribution < -0.4 is 23.7 Å². The van der Waals surface area contributed by atoms with Gasteiger partial charge < -0.3 is 33.9 Å². The summed E-state index contributed by atoms with van der Waals surface area (Å²) in [5.41, 5.74) is 0.544. The molecule has 144 valence electrons. The number of phenols is 2. The number of carbonyl (C=O) groups excluding carboxylic acids is 1. The summed E-state index contributed by atoms with van der Waals surface area (Å²) >= 11 is 0. The number of carbonyl (C=O) groups is 1. The number of benzene rings is 2. The molecule has 27 heavy (non-hydrogen) atoms. The number of rotatable bonds is 5. The van der Waals surface area contributed by atoms with Crippen LogP contribution in [0.3, 0.4) is 0 Å². The molecule has 0 saturated carbocycles. The maximum absolute atomic E-state index is 12.8. The fraction of sp³-hybridized carbons (Fsp3) is 0.316. The molecule has 0 saturated heterocycles. The summed E-state index contributed by atoms with van der Waals surface area (Å²) in [5.74, 6) is -0.184. The lowest BCUT2D eigenvalue weighted by Gasteiger charge is -2.29. The van der Waals surface area contributed by atoms with E-state index >= 15 is 0 Å². The highest BCUT2D eigenvalue weighted by atomic mass is 16.6. The van der Waals surface area contributed by atoms with E-state index in [4.69, 9.17) is 23.7 Å². The first-order chi connectivity index (χ1) is 13.0. The molecule has 0 aromatic heterocycles. The van der Waals surface area contributed by atoms with E-state index in [1.807, 2.05) is 0 Å². The summed E-state index contributed by atoms with van der Waals surface area (Å²) in [6, 6.07) is 4.74. The minimum atomic E-state index is -0.687. The first-order valence-corrected chi connectivity index (χ1v) is 8.08. The first kappa shape index (κ1) is 18.5. The van der Waals surface area contributed by atoms with Crippen molar-refractivity contribution in [3.05, 3.63) is 29.3 Å². The highest BCUT2D eigenvalue weighted by molar-refractivity contribution is 6.05. The van der Waals surface area contributed by atoms with E-state index in [-0.39, 0.29) is 52.3 Å². The Balaban J connectivity index is 2.13. The van der Waals surface area contributed by atoms with E-state index in [1.54, 1.807) is 12.1 Å². The van der Waals surface area contributed by atoms with E-state index in [9.17, 15) is 15.0 Å². The molecule has 8 heteroatoms. The standard InChI is InChI=1S/C19H20O8/c1-23-12-6-5-9(7-10(12)20)13-8-11(21)14-15(22)17(24-2)19(26-4)18(25-3)16(14)27-13/h5-7,13,20,22H,8H2,1-4H3/t13-/m1/s1. The van der Waals surface area contributed by atoms with E-state index in [0.717, 1.165) is 0 Å². The molecule has 0 aliphatic carbocycles. The van der Waals surface area contributed by atoms with E-state index in [1.165, 1.54) is 34.5 Å². The maximum Gasteiger partial charge on any atom is 0.211 e. The van der Waals surface area contributed by atoms with Gasteiger partial charge in [0.05, 0.1) is 34.9 Å². The molecule has 0 fully saturated rings. The van der Waals surface area contributed by atoms with Crippen molar-refractivity contribution in [2.75, 3.05) is 28.4 Å². The van der Waals surface area contributed by atoms with Crippen molar-refractivity contribution >= 4 is 5.78 Å². The molecule has 0 bridgehead atoms. The largest absolute Gasteiger partial charge is 0.504 e. The van der Waals surface area contributed by atoms with E-state index < -0.39 is 6.10 Å². The molecule has 2 aromatic rings. The van der Waals surface area contributed by atoms with Gasteiger partial charge in [-0.3, -0.25) is 4.79 Å². The van der Waals surface area contributed by atoms with Crippen molar-refractivity contribution in [1.82, 2.24) is 0 Å². The van der Waals surface area contributed by atoms with Gasteiger partial charge in [0, 0.05) is 0 Å². The van der Waals surface area contributed by atoms with Crippen LogP contribution >= 0.6 is 0 Å². The highest BCUT2D eigenvalue weighted by Gasteiger charge is 2.37. The van der Waals surface area contributed by atoms with Gasteiger partial charge in [-0.05, 0) is 17.7 Å². The van der Waals surface area contributed by atoms with Gasteiger partial charge in [-0.2, -0.15) is 0 Å². The van der Waals surface area contributed by atoms with Gasteiger partial charge in [0.2, 0.25) is 17.2 Å². The van der Waals surface area contributed by atoms with Gasteiger partial charge in [-0.25, -0.2) is 0 Å². The lowest BCUT2D eigenvalue weighted by Crippen LogP contribution is -2.21. The molecule has 0 radical (unpaired) electrons. The molecular weight excluding hydrogens is 356 g/mol. The minimum absolute atomic E-state index is 0.00871. The molecule has 2 N–H and O–H groups in total. The number of Topliss-reactive ketones (excluding diaryl/α,β-unsaturated/α-hetero) is 1. The maximum atomic E-state index is 12.8. The number of hydrogen-bond donors (Lipinski definition) is 2. The molecule has 0 unspecified atom stereocenters. The molecule has 1 aliphatic heterocycles. The van der Waals surface area contributed by atoms with Crippen molar-refractivity contribution < 1.29 is 38.7 Å². The smallest absolute Gasteiger partial charge is 0.211 e. The second-order valence-corrected chi connectivity index (χ2v) is 5.82. The monoisotopic (exact) mass is 376 g/mol. The van der Waals surface area contributed by atoms with Gasteiger partial charge in [0.25, 0.3) is 0 Å². The third-order valence-corrected chi connectivity index (χ3v) is 4.39. The number of fused-ring (bicyclic) bond motifs is 1. The van der Waals surface area contributed by atoms with Crippen molar-refractivity contribution in [3.8, 4) is 40.2 Å². The zero-order chi connectivity index (χ0) is 19.7. The van der Waals surface area contributed by atoms with Crippen LogP contribution in [0.25, 0.3) is 0 Å². The van der Waals surface area contributed by atoms with Gasteiger partial charge in [0.1, 0.15) is 11.7 Å². The number of ether oxygens (including phenoxy) is 5. The summed E-state index contributed by atoms with van der Waals surface area (Å²) in [5, 5.41) is 20.5. The number of methoxy groups -OCH3 is 4. The first-order valence-electron chi connectivity index (χ1n) is 8.08. The molecule has 3 rings (SSSR count). The Labute approximate surface area is 155 Å². The summed E-state index contributed by atoms with van der Waals surface area (Å²) in [4.78, 5) is 12.8. The molecular formula is C19H20O8. The topological polar surface area (TPSA) is 104 Å². The van der Waals surface area contributed by atoms with Crippen molar-refractivity contribution in [2.24, 2.45) is 0 Å². The summed E-state index contributed by atoms with van der Waals surface area (Å²) in [7, 11) is 5.57.